The highest BCUT2D eigenvalue weighted by molar-refractivity contribution is 5.89. The molecule has 98 valence electrons. The number of rotatable bonds is 2. The van der Waals surface area contributed by atoms with Crippen LogP contribution in [0.4, 0.5) is 4.79 Å². The van der Waals surface area contributed by atoms with E-state index in [2.05, 4.69) is 4.99 Å². The van der Waals surface area contributed by atoms with Gasteiger partial charge in [0.25, 0.3) is 0 Å². The van der Waals surface area contributed by atoms with Crippen LogP contribution >= 0.6 is 0 Å². The van der Waals surface area contributed by atoms with E-state index in [4.69, 9.17) is 10.5 Å². The summed E-state index contributed by atoms with van der Waals surface area (Å²) in [6.07, 6.45) is 1.52. The number of nitrogens with two attached hydrogens (primary N) is 1. The van der Waals surface area contributed by atoms with E-state index in [0.717, 1.165) is 12.8 Å². The van der Waals surface area contributed by atoms with Gasteiger partial charge in [-0.2, -0.15) is 0 Å². The van der Waals surface area contributed by atoms with Gasteiger partial charge in [-0.15, -0.1) is 0 Å². The molecule has 0 aliphatic carbocycles. The van der Waals surface area contributed by atoms with Crippen molar-refractivity contribution in [3.05, 3.63) is 0 Å². The molecular weight excluding hydrogens is 218 g/mol. The van der Waals surface area contributed by atoms with Crippen LogP contribution in [0.25, 0.3) is 0 Å². The van der Waals surface area contributed by atoms with Gasteiger partial charge < -0.3 is 10.5 Å². The van der Waals surface area contributed by atoms with Crippen LogP contribution in [-0.4, -0.2) is 41.6 Å². The number of likely N-dealkylation sites (tertiary alicyclic amines) is 1. The molecule has 1 aliphatic rings. The molecule has 1 aliphatic heterocycles. The second kappa shape index (κ2) is 5.38. The van der Waals surface area contributed by atoms with Crippen LogP contribution in [0.15, 0.2) is 4.99 Å². The van der Waals surface area contributed by atoms with Crippen LogP contribution in [0.5, 0.6) is 0 Å². The van der Waals surface area contributed by atoms with Crippen LogP contribution in [0.3, 0.4) is 0 Å². The molecule has 1 atom stereocenters. The molecule has 0 aromatic carbocycles. The van der Waals surface area contributed by atoms with E-state index in [1.165, 1.54) is 0 Å². The van der Waals surface area contributed by atoms with E-state index in [1.54, 1.807) is 4.90 Å². The van der Waals surface area contributed by atoms with E-state index in [-0.39, 0.29) is 12.1 Å². The highest BCUT2D eigenvalue weighted by atomic mass is 16.6. The van der Waals surface area contributed by atoms with Gasteiger partial charge in [-0.05, 0) is 40.5 Å². The molecule has 17 heavy (non-hydrogen) atoms. The lowest BCUT2D eigenvalue weighted by Crippen LogP contribution is -2.46. The second-order valence-corrected chi connectivity index (χ2v) is 5.23. The van der Waals surface area contributed by atoms with Crippen LogP contribution < -0.4 is 5.73 Å². The molecule has 0 aromatic rings. The van der Waals surface area contributed by atoms with Crippen molar-refractivity contribution >= 4 is 11.9 Å². The fourth-order valence-electron chi connectivity index (χ4n) is 1.90. The third-order valence-electron chi connectivity index (χ3n) is 2.56. The molecule has 5 nitrogen and oxygen atoms in total. The molecule has 0 spiro atoms. The number of amides is 1. The maximum absolute atomic E-state index is 12.0. The van der Waals surface area contributed by atoms with E-state index in [0.29, 0.717) is 18.9 Å². The van der Waals surface area contributed by atoms with Crippen molar-refractivity contribution in [1.29, 1.82) is 0 Å². The first kappa shape index (κ1) is 13.8. The number of hydrogen-bond acceptors (Lipinski definition) is 3. The van der Waals surface area contributed by atoms with Crippen molar-refractivity contribution in [2.75, 3.05) is 13.1 Å². The first-order valence-electron chi connectivity index (χ1n) is 6.14. The summed E-state index contributed by atoms with van der Waals surface area (Å²) in [7, 11) is 0. The fourth-order valence-corrected chi connectivity index (χ4v) is 1.90. The van der Waals surface area contributed by atoms with Crippen LogP contribution in [0.2, 0.25) is 0 Å². The SMILES string of the molecule is CCN=C(N)[C@@H]1CCCN1C(=O)OC(C)(C)C. The molecule has 0 aromatic heterocycles. The van der Waals surface area contributed by atoms with Crippen molar-refractivity contribution < 1.29 is 9.53 Å². The number of aliphatic imine (C=N–C) groups is 1. The van der Waals surface area contributed by atoms with Crippen LogP contribution in [0, 0.1) is 0 Å². The van der Waals surface area contributed by atoms with Crippen molar-refractivity contribution in [1.82, 2.24) is 4.90 Å². The highest BCUT2D eigenvalue weighted by Gasteiger charge is 2.34. The van der Waals surface area contributed by atoms with E-state index in [9.17, 15) is 4.79 Å². The Kier molecular flexibility index (Phi) is 4.37. The standard InChI is InChI=1S/C12H23N3O2/c1-5-14-10(13)9-7-6-8-15(9)11(16)17-12(2,3)4/h9H,5-8H2,1-4H3,(H2,13,14)/t9-/m0/s1. The molecule has 1 amide bonds. The maximum atomic E-state index is 12.0. The van der Waals surface area contributed by atoms with Crippen molar-refractivity contribution in [2.45, 2.75) is 52.2 Å². The molecule has 1 heterocycles. The molecule has 0 radical (unpaired) electrons. The summed E-state index contributed by atoms with van der Waals surface area (Å²) >= 11 is 0. The van der Waals surface area contributed by atoms with Gasteiger partial charge in [0.1, 0.15) is 11.4 Å². The molecule has 1 rings (SSSR count). The molecule has 1 fully saturated rings. The first-order valence-corrected chi connectivity index (χ1v) is 6.14. The maximum Gasteiger partial charge on any atom is 0.410 e. The van der Waals surface area contributed by atoms with Gasteiger partial charge in [0, 0.05) is 13.1 Å². The molecule has 0 bridgehead atoms. The van der Waals surface area contributed by atoms with Gasteiger partial charge in [-0.25, -0.2) is 4.79 Å². The minimum absolute atomic E-state index is 0.0928. The van der Waals surface area contributed by atoms with Crippen LogP contribution in [-0.2, 0) is 4.74 Å². The number of nitrogens with zero attached hydrogens (tertiary/aromatic N) is 2. The van der Waals surface area contributed by atoms with Crippen LogP contribution in [0.1, 0.15) is 40.5 Å². The van der Waals surface area contributed by atoms with Crippen molar-refractivity contribution in [3.63, 3.8) is 0 Å². The fraction of sp³-hybridized carbons (Fsp3) is 0.833. The Hall–Kier alpha value is -1.26. The Morgan fingerprint density at radius 3 is 2.71 bits per heavy atom. The Bertz CT molecular complexity index is 307. The summed E-state index contributed by atoms with van der Waals surface area (Å²) in [5.74, 6) is 0.538. The number of carbonyl (C=O) groups excluding carboxylic acids is 1. The average molecular weight is 241 g/mol. The Morgan fingerprint density at radius 2 is 2.18 bits per heavy atom. The zero-order chi connectivity index (χ0) is 13.1. The summed E-state index contributed by atoms with van der Waals surface area (Å²) in [6, 6.07) is -0.0928. The summed E-state index contributed by atoms with van der Waals surface area (Å²) in [5, 5.41) is 0. The third-order valence-corrected chi connectivity index (χ3v) is 2.56. The zero-order valence-electron chi connectivity index (χ0n) is 11.2. The lowest BCUT2D eigenvalue weighted by atomic mass is 10.2. The van der Waals surface area contributed by atoms with E-state index >= 15 is 0 Å². The largest absolute Gasteiger partial charge is 0.444 e. The average Bonchev–Trinajstić information content (AvgIpc) is 2.63. The summed E-state index contributed by atoms with van der Waals surface area (Å²) < 4.78 is 5.36. The third kappa shape index (κ3) is 3.91. The van der Waals surface area contributed by atoms with Gasteiger partial charge in [0.2, 0.25) is 0 Å². The van der Waals surface area contributed by atoms with E-state index < -0.39 is 5.60 Å². The van der Waals surface area contributed by atoms with Crippen molar-refractivity contribution in [2.24, 2.45) is 10.7 Å². The minimum Gasteiger partial charge on any atom is -0.444 e. The van der Waals surface area contributed by atoms with Gasteiger partial charge in [0.05, 0.1) is 6.04 Å². The molecule has 5 heteroatoms. The normalized spacial score (nSPS) is 21.8. The Labute approximate surface area is 103 Å². The summed E-state index contributed by atoms with van der Waals surface area (Å²) in [5.41, 5.74) is 5.41. The highest BCUT2D eigenvalue weighted by Crippen LogP contribution is 2.20. The Morgan fingerprint density at radius 1 is 1.53 bits per heavy atom. The van der Waals surface area contributed by atoms with Gasteiger partial charge in [-0.1, -0.05) is 0 Å². The second-order valence-electron chi connectivity index (χ2n) is 5.23. The minimum atomic E-state index is -0.471. The molecule has 1 saturated heterocycles. The van der Waals surface area contributed by atoms with Gasteiger partial charge in [0.15, 0.2) is 0 Å². The topological polar surface area (TPSA) is 67.9 Å². The van der Waals surface area contributed by atoms with Crippen molar-refractivity contribution in [3.8, 4) is 0 Å². The van der Waals surface area contributed by atoms with Gasteiger partial charge >= 0.3 is 6.09 Å². The lowest BCUT2D eigenvalue weighted by molar-refractivity contribution is 0.0265. The molecule has 2 N–H and O–H groups in total. The number of carbonyl (C=O) groups is 1. The summed E-state index contributed by atoms with van der Waals surface area (Å²) in [6.45, 7) is 8.85. The first-order chi connectivity index (χ1) is 7.85. The van der Waals surface area contributed by atoms with E-state index in [1.807, 2.05) is 27.7 Å². The number of hydrogen-bond donors (Lipinski definition) is 1. The predicted molar refractivity (Wildman–Crippen MR) is 68.1 cm³/mol. The zero-order valence-corrected chi connectivity index (χ0v) is 11.2. The number of amidine groups is 1. The molecule has 0 unspecified atom stereocenters. The Balaban J connectivity index is 2.69. The predicted octanol–water partition coefficient (Wildman–Crippen LogP) is 1.76. The molecule has 0 saturated carbocycles. The lowest BCUT2D eigenvalue weighted by Gasteiger charge is -2.28. The number of ether oxygens (including phenoxy) is 1. The monoisotopic (exact) mass is 241 g/mol. The quantitative estimate of drug-likeness (QED) is 0.591. The smallest absolute Gasteiger partial charge is 0.410 e. The van der Waals surface area contributed by atoms with Gasteiger partial charge in [-0.3, -0.25) is 9.89 Å². The summed E-state index contributed by atoms with van der Waals surface area (Å²) in [4.78, 5) is 17.8. The molecular formula is C12H23N3O2.